The van der Waals surface area contributed by atoms with Gasteiger partial charge in [0, 0.05) is 13.1 Å². The van der Waals surface area contributed by atoms with Crippen molar-refractivity contribution in [3.05, 3.63) is 12.3 Å². The molecule has 0 aliphatic rings. The van der Waals surface area contributed by atoms with E-state index in [1.807, 2.05) is 12.3 Å². The molecule has 0 unspecified atom stereocenters. The average molecular weight is 268 g/mol. The SMILES string of the molecule is CCCCCCCCCCCCCCNC=CCN. The van der Waals surface area contributed by atoms with Gasteiger partial charge in [0.05, 0.1) is 0 Å². The molecule has 0 aromatic rings. The summed E-state index contributed by atoms with van der Waals surface area (Å²) in [6, 6.07) is 0. The molecule has 0 aliphatic carbocycles. The zero-order chi connectivity index (χ0) is 14.0. The van der Waals surface area contributed by atoms with Crippen LogP contribution in [0.2, 0.25) is 0 Å². The molecule has 19 heavy (non-hydrogen) atoms. The summed E-state index contributed by atoms with van der Waals surface area (Å²) >= 11 is 0. The lowest BCUT2D eigenvalue weighted by Crippen LogP contribution is -2.07. The molecule has 0 rings (SSSR count). The highest BCUT2D eigenvalue weighted by atomic mass is 14.8. The molecule has 0 bridgehead atoms. The molecule has 2 nitrogen and oxygen atoms in total. The van der Waals surface area contributed by atoms with E-state index in [1.54, 1.807) is 0 Å². The van der Waals surface area contributed by atoms with Crippen LogP contribution in [0.25, 0.3) is 0 Å². The van der Waals surface area contributed by atoms with Crippen LogP contribution in [0.4, 0.5) is 0 Å². The van der Waals surface area contributed by atoms with Crippen LogP contribution in [0.3, 0.4) is 0 Å². The summed E-state index contributed by atoms with van der Waals surface area (Å²) in [5, 5.41) is 3.26. The Morgan fingerprint density at radius 1 is 0.737 bits per heavy atom. The molecule has 0 saturated carbocycles. The Bertz CT molecular complexity index is 178. The molecular formula is C17H36N2. The lowest BCUT2D eigenvalue weighted by molar-refractivity contribution is 0.542. The summed E-state index contributed by atoms with van der Waals surface area (Å²) in [5.41, 5.74) is 5.36. The van der Waals surface area contributed by atoms with Crippen molar-refractivity contribution < 1.29 is 0 Å². The highest BCUT2D eigenvalue weighted by Crippen LogP contribution is 2.11. The zero-order valence-corrected chi connectivity index (χ0v) is 13.1. The quantitative estimate of drug-likeness (QED) is 0.421. The van der Waals surface area contributed by atoms with Gasteiger partial charge in [-0.05, 0) is 12.6 Å². The zero-order valence-electron chi connectivity index (χ0n) is 13.1. The molecule has 0 saturated heterocycles. The van der Waals surface area contributed by atoms with Gasteiger partial charge in [-0.2, -0.15) is 0 Å². The Labute approximate surface area is 121 Å². The van der Waals surface area contributed by atoms with Gasteiger partial charge in [0.1, 0.15) is 0 Å². The molecule has 0 aromatic heterocycles. The maximum absolute atomic E-state index is 5.36. The maximum Gasteiger partial charge on any atom is 0.0141 e. The van der Waals surface area contributed by atoms with E-state index in [0.29, 0.717) is 6.54 Å². The van der Waals surface area contributed by atoms with E-state index in [9.17, 15) is 0 Å². The first kappa shape index (κ1) is 18.5. The fourth-order valence-electron chi connectivity index (χ4n) is 2.30. The second kappa shape index (κ2) is 17.5. The van der Waals surface area contributed by atoms with Crippen LogP contribution in [0, 0.1) is 0 Å². The molecule has 0 aliphatic heterocycles. The molecular weight excluding hydrogens is 232 g/mol. The molecule has 114 valence electrons. The monoisotopic (exact) mass is 268 g/mol. The molecule has 3 N–H and O–H groups in total. The van der Waals surface area contributed by atoms with Gasteiger partial charge >= 0.3 is 0 Å². The van der Waals surface area contributed by atoms with Gasteiger partial charge in [-0.15, -0.1) is 0 Å². The second-order valence-corrected chi connectivity index (χ2v) is 5.48. The fourth-order valence-corrected chi connectivity index (χ4v) is 2.30. The van der Waals surface area contributed by atoms with E-state index in [0.717, 1.165) is 6.54 Å². The number of nitrogens with two attached hydrogens (primary N) is 1. The van der Waals surface area contributed by atoms with Crippen LogP contribution in [0.5, 0.6) is 0 Å². The van der Waals surface area contributed by atoms with Gasteiger partial charge in [-0.1, -0.05) is 83.6 Å². The van der Waals surface area contributed by atoms with E-state index in [4.69, 9.17) is 5.73 Å². The first-order valence-corrected chi connectivity index (χ1v) is 8.50. The van der Waals surface area contributed by atoms with Crippen LogP contribution < -0.4 is 11.1 Å². The normalized spacial score (nSPS) is 11.3. The van der Waals surface area contributed by atoms with Gasteiger partial charge in [0.15, 0.2) is 0 Å². The lowest BCUT2D eigenvalue weighted by Gasteiger charge is -2.03. The van der Waals surface area contributed by atoms with Crippen LogP contribution in [-0.2, 0) is 0 Å². The molecule has 0 heterocycles. The second-order valence-electron chi connectivity index (χ2n) is 5.48. The van der Waals surface area contributed by atoms with Crippen molar-refractivity contribution in [3.8, 4) is 0 Å². The van der Waals surface area contributed by atoms with Gasteiger partial charge < -0.3 is 11.1 Å². The van der Waals surface area contributed by atoms with Crippen molar-refractivity contribution in [1.29, 1.82) is 0 Å². The van der Waals surface area contributed by atoms with Crippen molar-refractivity contribution >= 4 is 0 Å². The van der Waals surface area contributed by atoms with E-state index in [2.05, 4.69) is 12.2 Å². The lowest BCUT2D eigenvalue weighted by atomic mass is 10.1. The number of rotatable bonds is 15. The molecule has 0 atom stereocenters. The van der Waals surface area contributed by atoms with Gasteiger partial charge in [0.25, 0.3) is 0 Å². The summed E-state index contributed by atoms with van der Waals surface area (Å²) in [4.78, 5) is 0. The Morgan fingerprint density at radius 2 is 1.21 bits per heavy atom. The smallest absolute Gasteiger partial charge is 0.0141 e. The highest BCUT2D eigenvalue weighted by Gasteiger charge is 1.92. The minimum Gasteiger partial charge on any atom is -0.391 e. The number of unbranched alkanes of at least 4 members (excludes halogenated alkanes) is 11. The van der Waals surface area contributed by atoms with E-state index >= 15 is 0 Å². The Hall–Kier alpha value is -0.500. The predicted molar refractivity (Wildman–Crippen MR) is 87.3 cm³/mol. The van der Waals surface area contributed by atoms with Crippen LogP contribution >= 0.6 is 0 Å². The first-order chi connectivity index (χ1) is 9.41. The number of nitrogens with one attached hydrogen (secondary N) is 1. The standard InChI is InChI=1S/C17H36N2/c1-2-3-4-5-6-7-8-9-10-11-12-13-16-19-17-14-15-18/h14,17,19H,2-13,15-16,18H2,1H3. The van der Waals surface area contributed by atoms with Crippen LogP contribution in [-0.4, -0.2) is 13.1 Å². The van der Waals surface area contributed by atoms with Crippen LogP contribution in [0.15, 0.2) is 12.3 Å². The predicted octanol–water partition coefficient (Wildman–Crippen LogP) is 4.75. The van der Waals surface area contributed by atoms with Crippen molar-refractivity contribution in [2.24, 2.45) is 5.73 Å². The Balaban J connectivity index is 2.93. The third-order valence-corrected chi connectivity index (χ3v) is 3.55. The Morgan fingerprint density at radius 3 is 1.68 bits per heavy atom. The largest absolute Gasteiger partial charge is 0.391 e. The molecule has 0 aromatic carbocycles. The van der Waals surface area contributed by atoms with Crippen molar-refractivity contribution in [1.82, 2.24) is 5.32 Å². The number of hydrogen-bond acceptors (Lipinski definition) is 2. The van der Waals surface area contributed by atoms with E-state index in [-0.39, 0.29) is 0 Å². The third-order valence-electron chi connectivity index (χ3n) is 3.55. The highest BCUT2D eigenvalue weighted by molar-refractivity contribution is 4.79. The molecule has 0 spiro atoms. The van der Waals surface area contributed by atoms with E-state index < -0.39 is 0 Å². The summed E-state index contributed by atoms with van der Waals surface area (Å²) in [6.07, 6.45) is 20.9. The topological polar surface area (TPSA) is 38.0 Å². The van der Waals surface area contributed by atoms with Gasteiger partial charge in [0.2, 0.25) is 0 Å². The summed E-state index contributed by atoms with van der Waals surface area (Å²) in [5.74, 6) is 0. The Kier molecular flexibility index (Phi) is 17.0. The van der Waals surface area contributed by atoms with Gasteiger partial charge in [-0.25, -0.2) is 0 Å². The summed E-state index contributed by atoms with van der Waals surface area (Å²) in [7, 11) is 0. The van der Waals surface area contributed by atoms with E-state index in [1.165, 1.54) is 77.0 Å². The van der Waals surface area contributed by atoms with Crippen molar-refractivity contribution in [2.45, 2.75) is 84.0 Å². The minimum atomic E-state index is 0.630. The van der Waals surface area contributed by atoms with Crippen LogP contribution in [0.1, 0.15) is 84.0 Å². The number of hydrogen-bond donors (Lipinski definition) is 2. The maximum atomic E-state index is 5.36. The molecule has 2 heteroatoms. The summed E-state index contributed by atoms with van der Waals surface area (Å²) in [6.45, 7) is 4.00. The fraction of sp³-hybridized carbons (Fsp3) is 0.882. The minimum absolute atomic E-state index is 0.630. The molecule has 0 amide bonds. The van der Waals surface area contributed by atoms with Crippen molar-refractivity contribution in [2.75, 3.05) is 13.1 Å². The summed E-state index contributed by atoms with van der Waals surface area (Å²) < 4.78 is 0. The van der Waals surface area contributed by atoms with Gasteiger partial charge in [-0.3, -0.25) is 0 Å². The molecule has 0 fully saturated rings. The molecule has 0 radical (unpaired) electrons. The van der Waals surface area contributed by atoms with Crippen molar-refractivity contribution in [3.63, 3.8) is 0 Å². The third kappa shape index (κ3) is 17.5. The first-order valence-electron chi connectivity index (χ1n) is 8.50. The average Bonchev–Trinajstić information content (AvgIpc) is 2.43.